The number of carbonyl (C=O) groups is 1. The van der Waals surface area contributed by atoms with E-state index in [1.165, 1.54) is 16.4 Å². The van der Waals surface area contributed by atoms with Gasteiger partial charge >= 0.3 is 0 Å². The van der Waals surface area contributed by atoms with E-state index in [4.69, 9.17) is 0 Å². The number of rotatable bonds is 6. The van der Waals surface area contributed by atoms with Crippen molar-refractivity contribution in [1.82, 2.24) is 14.5 Å². The van der Waals surface area contributed by atoms with Crippen molar-refractivity contribution in [2.45, 2.75) is 31.7 Å². The highest BCUT2D eigenvalue weighted by molar-refractivity contribution is 7.89. The largest absolute Gasteiger partial charge is 0.348 e. The van der Waals surface area contributed by atoms with Crippen LogP contribution in [-0.2, 0) is 14.8 Å². The van der Waals surface area contributed by atoms with E-state index in [0.29, 0.717) is 31.1 Å². The van der Waals surface area contributed by atoms with Gasteiger partial charge in [-0.25, -0.2) is 12.8 Å². The van der Waals surface area contributed by atoms with Crippen molar-refractivity contribution in [1.29, 1.82) is 0 Å². The van der Waals surface area contributed by atoms with Crippen LogP contribution in [0, 0.1) is 19.7 Å². The number of halogens is 1. The molecule has 0 aliphatic carbocycles. The molecule has 1 N–H and O–H groups in total. The molecule has 1 saturated heterocycles. The van der Waals surface area contributed by atoms with Gasteiger partial charge < -0.3 is 5.32 Å². The second kappa shape index (κ2) is 9.24. The molecule has 2 aromatic carbocycles. The van der Waals surface area contributed by atoms with Crippen molar-refractivity contribution in [2.24, 2.45) is 0 Å². The third-order valence-corrected chi connectivity index (χ3v) is 7.46. The maximum Gasteiger partial charge on any atom is 0.243 e. The van der Waals surface area contributed by atoms with Gasteiger partial charge in [-0.1, -0.05) is 18.2 Å². The van der Waals surface area contributed by atoms with E-state index in [-0.39, 0.29) is 24.3 Å². The lowest BCUT2D eigenvalue weighted by molar-refractivity contribution is -0.123. The molecule has 1 unspecified atom stereocenters. The molecule has 1 atom stereocenters. The molecule has 1 fully saturated rings. The number of nitrogens with one attached hydrogen (secondary N) is 1. The number of hydrogen-bond acceptors (Lipinski definition) is 4. The monoisotopic (exact) mass is 433 g/mol. The first-order valence-corrected chi connectivity index (χ1v) is 11.5. The molecule has 1 heterocycles. The summed E-state index contributed by atoms with van der Waals surface area (Å²) in [5.41, 5.74) is 2.83. The number of carbonyl (C=O) groups excluding carboxylic acids is 1. The molecule has 0 bridgehead atoms. The first-order valence-electron chi connectivity index (χ1n) is 10.0. The van der Waals surface area contributed by atoms with Crippen LogP contribution in [0.2, 0.25) is 0 Å². The number of benzene rings is 2. The second-order valence-electron chi connectivity index (χ2n) is 7.77. The summed E-state index contributed by atoms with van der Waals surface area (Å²) in [4.78, 5) is 14.6. The Kier molecular flexibility index (Phi) is 6.90. The van der Waals surface area contributed by atoms with Crippen molar-refractivity contribution >= 4 is 15.9 Å². The average Bonchev–Trinajstić information content (AvgIpc) is 2.70. The van der Waals surface area contributed by atoms with Crippen LogP contribution in [0.15, 0.2) is 47.4 Å². The van der Waals surface area contributed by atoms with Gasteiger partial charge in [0.05, 0.1) is 17.5 Å². The Bertz CT molecular complexity index is 1000. The summed E-state index contributed by atoms with van der Waals surface area (Å²) in [6.07, 6.45) is 0. The highest BCUT2D eigenvalue weighted by Crippen LogP contribution is 2.20. The molecule has 8 heteroatoms. The molecule has 0 spiro atoms. The summed E-state index contributed by atoms with van der Waals surface area (Å²) >= 11 is 0. The van der Waals surface area contributed by atoms with Crippen LogP contribution in [-0.4, -0.2) is 56.3 Å². The standard InChI is InChI=1S/C22H28FN3O3S/c1-16-4-9-21(14-17(16)2)30(28,29)26-12-10-25(11-13-26)15-22(27)24-18(3)19-5-7-20(23)8-6-19/h4-9,14,18H,10-13,15H2,1-3H3,(H,24,27). The predicted octanol–water partition coefficient (Wildman–Crippen LogP) is 2.63. The minimum Gasteiger partial charge on any atom is -0.348 e. The third-order valence-electron chi connectivity index (χ3n) is 5.56. The molecule has 1 amide bonds. The Labute approximate surface area is 177 Å². The Hall–Kier alpha value is -2.29. The quantitative estimate of drug-likeness (QED) is 0.760. The van der Waals surface area contributed by atoms with E-state index in [0.717, 1.165) is 16.7 Å². The third kappa shape index (κ3) is 5.24. The first kappa shape index (κ1) is 22.4. The van der Waals surface area contributed by atoms with Crippen molar-refractivity contribution in [2.75, 3.05) is 32.7 Å². The SMILES string of the molecule is Cc1ccc(S(=O)(=O)N2CCN(CC(=O)NC(C)c3ccc(F)cc3)CC2)cc1C. The zero-order chi connectivity index (χ0) is 21.9. The zero-order valence-electron chi connectivity index (χ0n) is 17.6. The van der Waals surface area contributed by atoms with E-state index < -0.39 is 10.0 Å². The summed E-state index contributed by atoms with van der Waals surface area (Å²) < 4.78 is 40.3. The summed E-state index contributed by atoms with van der Waals surface area (Å²) in [6.45, 7) is 7.56. The molecule has 2 aromatic rings. The molecule has 0 saturated carbocycles. The molecule has 0 aromatic heterocycles. The van der Waals surface area contributed by atoms with Gasteiger partial charge in [-0.2, -0.15) is 4.31 Å². The van der Waals surface area contributed by atoms with Gasteiger partial charge in [0.25, 0.3) is 0 Å². The van der Waals surface area contributed by atoms with Gasteiger partial charge in [0.15, 0.2) is 0 Å². The molecule has 3 rings (SSSR count). The molecule has 1 aliphatic heterocycles. The van der Waals surface area contributed by atoms with Gasteiger partial charge in [-0.15, -0.1) is 0 Å². The van der Waals surface area contributed by atoms with Gasteiger partial charge in [-0.05, 0) is 61.7 Å². The fraction of sp³-hybridized carbons (Fsp3) is 0.409. The van der Waals surface area contributed by atoms with Crippen LogP contribution in [0.5, 0.6) is 0 Å². The predicted molar refractivity (Wildman–Crippen MR) is 114 cm³/mol. The molecular weight excluding hydrogens is 405 g/mol. The normalized spacial score (nSPS) is 16.9. The van der Waals surface area contributed by atoms with E-state index >= 15 is 0 Å². The van der Waals surface area contributed by atoms with E-state index in [9.17, 15) is 17.6 Å². The average molecular weight is 434 g/mol. The van der Waals surface area contributed by atoms with Crippen LogP contribution in [0.1, 0.15) is 29.7 Å². The summed E-state index contributed by atoms with van der Waals surface area (Å²) in [5, 5.41) is 2.91. The number of piperazine rings is 1. The topological polar surface area (TPSA) is 69.7 Å². The molecule has 0 radical (unpaired) electrons. The number of hydrogen-bond donors (Lipinski definition) is 1. The summed E-state index contributed by atoms with van der Waals surface area (Å²) in [7, 11) is -3.54. The van der Waals surface area contributed by atoms with Crippen molar-refractivity contribution < 1.29 is 17.6 Å². The van der Waals surface area contributed by atoms with Crippen LogP contribution in [0.4, 0.5) is 4.39 Å². The van der Waals surface area contributed by atoms with Crippen LogP contribution >= 0.6 is 0 Å². The minimum atomic E-state index is -3.54. The maximum atomic E-state index is 13.0. The molecule has 1 aliphatic rings. The number of nitrogens with zero attached hydrogens (tertiary/aromatic N) is 2. The van der Waals surface area contributed by atoms with Crippen molar-refractivity contribution in [3.8, 4) is 0 Å². The lowest BCUT2D eigenvalue weighted by Gasteiger charge is -2.33. The lowest BCUT2D eigenvalue weighted by Crippen LogP contribution is -2.51. The van der Waals surface area contributed by atoms with Crippen molar-refractivity contribution in [3.63, 3.8) is 0 Å². The lowest BCUT2D eigenvalue weighted by atomic mass is 10.1. The number of sulfonamides is 1. The second-order valence-corrected chi connectivity index (χ2v) is 9.70. The van der Waals surface area contributed by atoms with Gasteiger partial charge in [-0.3, -0.25) is 9.69 Å². The smallest absolute Gasteiger partial charge is 0.243 e. The Balaban J connectivity index is 1.53. The number of aryl methyl sites for hydroxylation is 2. The van der Waals surface area contributed by atoms with Crippen LogP contribution < -0.4 is 5.32 Å². The van der Waals surface area contributed by atoms with Gasteiger partial charge in [0, 0.05) is 26.2 Å². The fourth-order valence-corrected chi connectivity index (χ4v) is 4.98. The van der Waals surface area contributed by atoms with E-state index in [1.54, 1.807) is 24.3 Å². The van der Waals surface area contributed by atoms with Gasteiger partial charge in [0.1, 0.15) is 5.82 Å². The minimum absolute atomic E-state index is 0.141. The maximum absolute atomic E-state index is 13.0. The molecule has 162 valence electrons. The first-order chi connectivity index (χ1) is 14.2. The molecular formula is C22H28FN3O3S. The Morgan fingerprint density at radius 1 is 1.03 bits per heavy atom. The number of amides is 1. The van der Waals surface area contributed by atoms with Crippen LogP contribution in [0.3, 0.4) is 0 Å². The Morgan fingerprint density at radius 3 is 2.27 bits per heavy atom. The molecule has 6 nitrogen and oxygen atoms in total. The summed E-state index contributed by atoms with van der Waals surface area (Å²) in [5.74, 6) is -0.455. The van der Waals surface area contributed by atoms with Crippen molar-refractivity contribution in [3.05, 3.63) is 65.0 Å². The Morgan fingerprint density at radius 2 is 1.67 bits per heavy atom. The fourth-order valence-electron chi connectivity index (χ4n) is 3.48. The highest BCUT2D eigenvalue weighted by atomic mass is 32.2. The zero-order valence-corrected chi connectivity index (χ0v) is 18.4. The van der Waals surface area contributed by atoms with Gasteiger partial charge in [0.2, 0.25) is 15.9 Å². The molecule has 30 heavy (non-hydrogen) atoms. The highest BCUT2D eigenvalue weighted by Gasteiger charge is 2.29. The summed E-state index contributed by atoms with van der Waals surface area (Å²) in [6, 6.07) is 11.0. The van der Waals surface area contributed by atoms with E-state index in [2.05, 4.69) is 5.32 Å². The van der Waals surface area contributed by atoms with Crippen LogP contribution in [0.25, 0.3) is 0 Å². The van der Waals surface area contributed by atoms with E-state index in [1.807, 2.05) is 31.7 Å².